The lowest BCUT2D eigenvalue weighted by Gasteiger charge is -2.18. The van der Waals surface area contributed by atoms with E-state index in [1.54, 1.807) is 13.2 Å². The Hall–Kier alpha value is -4.95. The van der Waals surface area contributed by atoms with Gasteiger partial charge >= 0.3 is 0 Å². The third-order valence-electron chi connectivity index (χ3n) is 6.14. The molecule has 3 N–H and O–H groups in total. The van der Waals surface area contributed by atoms with E-state index in [1.807, 2.05) is 72.8 Å². The minimum absolute atomic E-state index is 0.148. The van der Waals surface area contributed by atoms with Crippen molar-refractivity contribution in [1.29, 1.82) is 0 Å². The predicted octanol–water partition coefficient (Wildman–Crippen LogP) is 5.84. The van der Waals surface area contributed by atoms with Gasteiger partial charge in [0.15, 0.2) is 0 Å². The van der Waals surface area contributed by atoms with Gasteiger partial charge in [-0.3, -0.25) is 4.79 Å². The highest BCUT2D eigenvalue weighted by Gasteiger charge is 2.25. The molecule has 5 aromatic rings. The molecule has 8 heteroatoms. The van der Waals surface area contributed by atoms with Crippen LogP contribution in [0.15, 0.2) is 102 Å². The van der Waals surface area contributed by atoms with Gasteiger partial charge in [-0.05, 0) is 41.5 Å². The Kier molecular flexibility index (Phi) is 7.15. The van der Waals surface area contributed by atoms with Crippen LogP contribution < -0.4 is 15.4 Å². The molecular formula is C30H26N4O4. The van der Waals surface area contributed by atoms with Crippen molar-refractivity contribution in [1.82, 2.24) is 9.97 Å². The number of benzene rings is 3. The number of carbonyl (C=O) groups is 1. The predicted molar refractivity (Wildman–Crippen MR) is 148 cm³/mol. The molecule has 1 amide bonds. The monoisotopic (exact) mass is 506 g/mol. The molecule has 0 spiro atoms. The molecule has 1 atom stereocenters. The zero-order valence-electron chi connectivity index (χ0n) is 20.7. The number of anilines is 2. The first-order valence-corrected chi connectivity index (χ1v) is 12.0. The second-order valence-electron chi connectivity index (χ2n) is 8.47. The quantitative estimate of drug-likeness (QED) is 0.216. The van der Waals surface area contributed by atoms with E-state index in [0.717, 1.165) is 16.7 Å². The van der Waals surface area contributed by atoms with Crippen LogP contribution in [-0.2, 0) is 4.79 Å². The summed E-state index contributed by atoms with van der Waals surface area (Å²) < 4.78 is 12.0. The number of fused-ring (bicyclic) bond motifs is 1. The summed E-state index contributed by atoms with van der Waals surface area (Å²) in [7, 11) is 1.60. The van der Waals surface area contributed by atoms with Crippen LogP contribution in [0.25, 0.3) is 33.6 Å². The molecule has 38 heavy (non-hydrogen) atoms. The molecule has 190 valence electrons. The Morgan fingerprint density at radius 1 is 1.08 bits per heavy atom. The maximum absolute atomic E-state index is 12.0. The fourth-order valence-corrected chi connectivity index (χ4v) is 4.37. The van der Waals surface area contributed by atoms with Gasteiger partial charge in [-0.15, -0.1) is 0 Å². The zero-order chi connectivity index (χ0) is 26.5. The Bertz CT molecular complexity index is 1600. The van der Waals surface area contributed by atoms with Crippen LogP contribution in [0.4, 0.5) is 11.5 Å². The number of aliphatic hydroxyl groups excluding tert-OH is 1. The van der Waals surface area contributed by atoms with Crippen LogP contribution in [-0.4, -0.2) is 34.7 Å². The number of aliphatic hydroxyl groups is 1. The highest BCUT2D eigenvalue weighted by atomic mass is 16.5. The number of carbonyl (C=O) groups excluding carboxylic acids is 1. The van der Waals surface area contributed by atoms with E-state index in [9.17, 15) is 9.90 Å². The van der Waals surface area contributed by atoms with Gasteiger partial charge in [0.05, 0.1) is 30.7 Å². The molecule has 0 fully saturated rings. The van der Waals surface area contributed by atoms with Gasteiger partial charge in [0.2, 0.25) is 11.6 Å². The molecule has 3 aromatic carbocycles. The number of hydrogen-bond acceptors (Lipinski definition) is 7. The van der Waals surface area contributed by atoms with Crippen molar-refractivity contribution in [3.8, 4) is 28.2 Å². The summed E-state index contributed by atoms with van der Waals surface area (Å²) in [5.41, 5.74) is 4.08. The van der Waals surface area contributed by atoms with E-state index in [4.69, 9.17) is 9.15 Å². The fraction of sp³-hybridized carbons (Fsp3) is 0.100. The number of ether oxygens (including phenoxy) is 1. The number of rotatable bonds is 9. The highest BCUT2D eigenvalue weighted by Crippen LogP contribution is 2.45. The Labute approximate surface area is 219 Å². The maximum atomic E-state index is 12.0. The number of nitrogens with zero attached hydrogens (tertiary/aromatic N) is 2. The molecule has 8 nitrogen and oxygen atoms in total. The average Bonchev–Trinajstić information content (AvgIpc) is 3.36. The molecule has 2 heterocycles. The Morgan fingerprint density at radius 3 is 2.63 bits per heavy atom. The zero-order valence-corrected chi connectivity index (χ0v) is 20.7. The van der Waals surface area contributed by atoms with E-state index in [2.05, 4.69) is 27.2 Å². The van der Waals surface area contributed by atoms with E-state index in [0.29, 0.717) is 39.7 Å². The third kappa shape index (κ3) is 4.85. The summed E-state index contributed by atoms with van der Waals surface area (Å²) in [4.78, 5) is 20.9. The lowest BCUT2D eigenvalue weighted by Crippen LogP contribution is -2.15. The first-order chi connectivity index (χ1) is 18.6. The minimum Gasteiger partial charge on any atom is -0.496 e. The summed E-state index contributed by atoms with van der Waals surface area (Å²) in [5.74, 6) is 1.35. The van der Waals surface area contributed by atoms with Crippen molar-refractivity contribution in [2.75, 3.05) is 24.4 Å². The van der Waals surface area contributed by atoms with Gasteiger partial charge in [0.25, 0.3) is 0 Å². The van der Waals surface area contributed by atoms with Crippen LogP contribution in [0.2, 0.25) is 0 Å². The third-order valence-corrected chi connectivity index (χ3v) is 6.14. The second kappa shape index (κ2) is 11.0. The van der Waals surface area contributed by atoms with Crippen molar-refractivity contribution >= 4 is 28.5 Å². The Balaban J connectivity index is 1.74. The number of nitrogens with one attached hydrogen (secondary N) is 2. The van der Waals surface area contributed by atoms with Gasteiger partial charge in [-0.25, -0.2) is 9.97 Å². The van der Waals surface area contributed by atoms with Gasteiger partial charge in [0, 0.05) is 11.3 Å². The molecule has 0 aliphatic heterocycles. The number of furan rings is 1. The van der Waals surface area contributed by atoms with E-state index in [-0.39, 0.29) is 12.5 Å². The number of para-hydroxylation sites is 1. The number of amides is 1. The molecule has 0 aliphatic rings. The molecule has 0 saturated carbocycles. The summed E-state index contributed by atoms with van der Waals surface area (Å²) in [6, 6.07) is 24.2. The van der Waals surface area contributed by atoms with Crippen LogP contribution in [0.1, 0.15) is 11.6 Å². The maximum Gasteiger partial charge on any atom is 0.247 e. The smallest absolute Gasteiger partial charge is 0.247 e. The van der Waals surface area contributed by atoms with Crippen molar-refractivity contribution in [2.45, 2.75) is 6.04 Å². The van der Waals surface area contributed by atoms with E-state index >= 15 is 0 Å². The standard InChI is InChI=1S/C30H26N4O4/c1-3-25(36)33-21-13-9-12-20(16-21)26-27-29(34-23(17-35)19-10-5-4-6-11-19)31-18-32-30(27)38-28(26)22-14-7-8-15-24(22)37-2/h3-16,18,23,35H,1,17H2,2H3,(H,33,36)(H,31,32,34)/t23-/m1/s1. The molecule has 0 unspecified atom stereocenters. The highest BCUT2D eigenvalue weighted by molar-refractivity contribution is 6.07. The summed E-state index contributed by atoms with van der Waals surface area (Å²) >= 11 is 0. The van der Waals surface area contributed by atoms with Crippen molar-refractivity contribution < 1.29 is 19.1 Å². The van der Waals surface area contributed by atoms with E-state index in [1.165, 1.54) is 12.4 Å². The first-order valence-electron chi connectivity index (χ1n) is 12.0. The summed E-state index contributed by atoms with van der Waals surface area (Å²) in [5, 5.41) is 17.0. The fourth-order valence-electron chi connectivity index (χ4n) is 4.37. The van der Waals surface area contributed by atoms with Gasteiger partial charge in [-0.1, -0.05) is 61.2 Å². The lowest BCUT2D eigenvalue weighted by atomic mass is 9.98. The van der Waals surface area contributed by atoms with Crippen molar-refractivity contribution in [3.63, 3.8) is 0 Å². The molecular weight excluding hydrogens is 480 g/mol. The van der Waals surface area contributed by atoms with Crippen molar-refractivity contribution in [3.05, 3.63) is 103 Å². The lowest BCUT2D eigenvalue weighted by molar-refractivity contribution is -0.111. The second-order valence-corrected chi connectivity index (χ2v) is 8.47. The Morgan fingerprint density at radius 2 is 1.87 bits per heavy atom. The molecule has 0 saturated heterocycles. The van der Waals surface area contributed by atoms with Crippen molar-refractivity contribution in [2.24, 2.45) is 0 Å². The SMILES string of the molecule is C=CC(=O)Nc1cccc(-c2c(-c3ccccc3OC)oc3ncnc(N[C@H](CO)c4ccccc4)c23)c1. The number of methoxy groups -OCH3 is 1. The summed E-state index contributed by atoms with van der Waals surface area (Å²) in [6.07, 6.45) is 2.64. The van der Waals surface area contributed by atoms with Crippen LogP contribution in [0, 0.1) is 0 Å². The average molecular weight is 507 g/mol. The normalized spacial score (nSPS) is 11.6. The molecule has 0 aliphatic carbocycles. The molecule has 0 bridgehead atoms. The number of aromatic nitrogens is 2. The van der Waals surface area contributed by atoms with Crippen LogP contribution in [0.3, 0.4) is 0 Å². The summed E-state index contributed by atoms with van der Waals surface area (Å²) in [6.45, 7) is 3.38. The van der Waals surface area contributed by atoms with Gasteiger partial charge in [-0.2, -0.15) is 0 Å². The number of hydrogen-bond donors (Lipinski definition) is 3. The van der Waals surface area contributed by atoms with E-state index < -0.39 is 6.04 Å². The van der Waals surface area contributed by atoms with Crippen LogP contribution >= 0.6 is 0 Å². The van der Waals surface area contributed by atoms with Gasteiger partial charge < -0.3 is 24.9 Å². The molecule has 2 aromatic heterocycles. The first kappa shape index (κ1) is 24.7. The van der Waals surface area contributed by atoms with Gasteiger partial charge in [0.1, 0.15) is 23.7 Å². The minimum atomic E-state index is -0.412. The van der Waals surface area contributed by atoms with Crippen LogP contribution in [0.5, 0.6) is 5.75 Å². The molecule has 5 rings (SSSR count). The largest absolute Gasteiger partial charge is 0.496 e. The molecule has 0 radical (unpaired) electrons. The topological polar surface area (TPSA) is 110 Å².